The average Bonchev–Trinajstić information content (AvgIpc) is 2.85. The molecular formula is C21H35FO. The van der Waals surface area contributed by atoms with Crippen LogP contribution in [0.3, 0.4) is 0 Å². The minimum Gasteiger partial charge on any atom is -0.393 e. The molecule has 2 heteroatoms. The Morgan fingerprint density at radius 3 is 2.43 bits per heavy atom. The van der Waals surface area contributed by atoms with E-state index in [2.05, 4.69) is 13.8 Å². The lowest BCUT2D eigenvalue weighted by atomic mass is 9.48. The molecule has 0 spiro atoms. The van der Waals surface area contributed by atoms with Gasteiger partial charge in [0.1, 0.15) is 6.17 Å². The molecule has 10 atom stereocenters. The van der Waals surface area contributed by atoms with Crippen LogP contribution in [0.5, 0.6) is 0 Å². The summed E-state index contributed by atoms with van der Waals surface area (Å²) in [4.78, 5) is 0. The molecule has 0 aliphatic heterocycles. The number of hydrogen-bond donors (Lipinski definition) is 1. The van der Waals surface area contributed by atoms with E-state index < -0.39 is 6.17 Å². The molecule has 132 valence electrons. The summed E-state index contributed by atoms with van der Waals surface area (Å²) in [6.07, 6.45) is 8.74. The number of aliphatic hydroxyl groups is 1. The Hall–Kier alpha value is -0.110. The molecule has 0 aromatic carbocycles. The van der Waals surface area contributed by atoms with Gasteiger partial charge >= 0.3 is 0 Å². The zero-order chi connectivity index (χ0) is 16.4. The van der Waals surface area contributed by atoms with Crippen LogP contribution in [-0.4, -0.2) is 17.4 Å². The lowest BCUT2D eigenvalue weighted by Gasteiger charge is -2.57. The van der Waals surface area contributed by atoms with Gasteiger partial charge in [-0.3, -0.25) is 0 Å². The predicted octanol–water partition coefficient (Wildman–Crippen LogP) is 5.22. The number of rotatable bonds is 1. The van der Waals surface area contributed by atoms with E-state index in [-0.39, 0.29) is 11.5 Å². The summed E-state index contributed by atoms with van der Waals surface area (Å²) >= 11 is 0. The van der Waals surface area contributed by atoms with Crippen LogP contribution in [0.1, 0.15) is 72.1 Å². The van der Waals surface area contributed by atoms with Crippen molar-refractivity contribution in [1.29, 1.82) is 0 Å². The molecule has 4 saturated carbocycles. The Balaban J connectivity index is 1.59. The molecule has 23 heavy (non-hydrogen) atoms. The Labute approximate surface area is 141 Å². The first-order valence-corrected chi connectivity index (χ1v) is 10.2. The molecule has 0 saturated heterocycles. The predicted molar refractivity (Wildman–Crippen MR) is 91.7 cm³/mol. The van der Waals surface area contributed by atoms with E-state index in [0.29, 0.717) is 29.6 Å². The molecule has 0 bridgehead atoms. The third kappa shape index (κ3) is 2.41. The van der Waals surface area contributed by atoms with Gasteiger partial charge in [0.2, 0.25) is 0 Å². The Kier molecular flexibility index (Phi) is 4.06. The maximum absolute atomic E-state index is 15.1. The molecule has 4 aliphatic carbocycles. The zero-order valence-electron chi connectivity index (χ0n) is 15.2. The Bertz CT molecular complexity index is 449. The van der Waals surface area contributed by atoms with E-state index >= 15 is 4.39 Å². The average molecular weight is 323 g/mol. The van der Waals surface area contributed by atoms with Gasteiger partial charge in [-0.25, -0.2) is 4.39 Å². The standard InChI is InChI=1S/C21H35FO/c1-12-4-5-14-15-8-9-21(3)18(13(2)23)6-7-19(21)16(15)11-20(22)17(14)10-12/h12-20,23H,4-11H2,1-3H3. The van der Waals surface area contributed by atoms with Crippen molar-refractivity contribution >= 4 is 0 Å². The van der Waals surface area contributed by atoms with E-state index in [1.807, 2.05) is 6.92 Å². The van der Waals surface area contributed by atoms with E-state index in [0.717, 1.165) is 31.1 Å². The highest BCUT2D eigenvalue weighted by molar-refractivity contribution is 5.08. The van der Waals surface area contributed by atoms with Crippen molar-refractivity contribution in [1.82, 2.24) is 0 Å². The van der Waals surface area contributed by atoms with Gasteiger partial charge in [-0.05, 0) is 98.7 Å². The molecule has 10 unspecified atom stereocenters. The van der Waals surface area contributed by atoms with Crippen molar-refractivity contribution in [2.75, 3.05) is 0 Å². The summed E-state index contributed by atoms with van der Waals surface area (Å²) in [7, 11) is 0. The number of aliphatic hydroxyl groups excluding tert-OH is 1. The van der Waals surface area contributed by atoms with Crippen LogP contribution in [0.4, 0.5) is 4.39 Å². The van der Waals surface area contributed by atoms with E-state index in [4.69, 9.17) is 0 Å². The highest BCUT2D eigenvalue weighted by atomic mass is 19.1. The molecule has 4 aliphatic rings. The third-order valence-electron chi connectivity index (χ3n) is 8.88. The summed E-state index contributed by atoms with van der Waals surface area (Å²) in [5, 5.41) is 10.2. The molecule has 1 nitrogen and oxygen atoms in total. The van der Waals surface area contributed by atoms with Gasteiger partial charge in [0, 0.05) is 0 Å². The second kappa shape index (κ2) is 5.71. The van der Waals surface area contributed by atoms with Crippen molar-refractivity contribution in [2.24, 2.45) is 46.8 Å². The van der Waals surface area contributed by atoms with Gasteiger partial charge in [-0.1, -0.05) is 20.3 Å². The first-order chi connectivity index (χ1) is 10.9. The van der Waals surface area contributed by atoms with Crippen LogP contribution in [0.25, 0.3) is 0 Å². The molecule has 1 N–H and O–H groups in total. The van der Waals surface area contributed by atoms with Crippen molar-refractivity contribution in [3.05, 3.63) is 0 Å². The number of hydrogen-bond acceptors (Lipinski definition) is 1. The van der Waals surface area contributed by atoms with Gasteiger partial charge in [0.25, 0.3) is 0 Å². The first-order valence-electron chi connectivity index (χ1n) is 10.2. The molecule has 0 aromatic heterocycles. The molecule has 0 heterocycles. The van der Waals surface area contributed by atoms with Gasteiger partial charge in [0.05, 0.1) is 6.10 Å². The van der Waals surface area contributed by atoms with Gasteiger partial charge < -0.3 is 5.11 Å². The smallest absolute Gasteiger partial charge is 0.103 e. The third-order valence-corrected chi connectivity index (χ3v) is 8.88. The van der Waals surface area contributed by atoms with Crippen LogP contribution in [0.15, 0.2) is 0 Å². The summed E-state index contributed by atoms with van der Waals surface area (Å²) < 4.78 is 15.1. The van der Waals surface area contributed by atoms with Crippen molar-refractivity contribution in [3.63, 3.8) is 0 Å². The van der Waals surface area contributed by atoms with E-state index in [9.17, 15) is 5.11 Å². The Morgan fingerprint density at radius 2 is 1.70 bits per heavy atom. The minimum absolute atomic E-state index is 0.199. The summed E-state index contributed by atoms with van der Waals surface area (Å²) in [5.41, 5.74) is 0.268. The van der Waals surface area contributed by atoms with Gasteiger partial charge in [-0.15, -0.1) is 0 Å². The highest BCUT2D eigenvalue weighted by Crippen LogP contribution is 2.65. The Morgan fingerprint density at radius 1 is 0.957 bits per heavy atom. The monoisotopic (exact) mass is 322 g/mol. The highest BCUT2D eigenvalue weighted by Gasteiger charge is 2.59. The first kappa shape index (κ1) is 16.4. The minimum atomic E-state index is -0.558. The summed E-state index contributed by atoms with van der Waals surface area (Å²) in [6, 6.07) is 0. The fourth-order valence-corrected chi connectivity index (χ4v) is 7.85. The van der Waals surface area contributed by atoms with E-state index in [1.54, 1.807) is 0 Å². The number of alkyl halides is 1. The zero-order valence-corrected chi connectivity index (χ0v) is 15.2. The fourth-order valence-electron chi connectivity index (χ4n) is 7.85. The van der Waals surface area contributed by atoms with E-state index in [1.165, 1.54) is 32.1 Å². The SMILES string of the molecule is CC1CCC2C(C1)C(F)CC1C2CCC2(C)C(C(C)O)CCC12. The normalized spacial score (nSPS) is 57.3. The van der Waals surface area contributed by atoms with Crippen LogP contribution in [0, 0.1) is 46.8 Å². The van der Waals surface area contributed by atoms with Crippen molar-refractivity contribution < 1.29 is 9.50 Å². The second-order valence-electron chi connectivity index (χ2n) is 9.90. The molecule has 0 radical (unpaired) electrons. The van der Waals surface area contributed by atoms with Crippen molar-refractivity contribution in [3.8, 4) is 0 Å². The fraction of sp³-hybridized carbons (Fsp3) is 1.00. The van der Waals surface area contributed by atoms with Gasteiger partial charge in [0.15, 0.2) is 0 Å². The lowest BCUT2D eigenvalue weighted by Crippen LogP contribution is -2.52. The summed E-state index contributed by atoms with van der Waals surface area (Å²) in [6.45, 7) is 6.71. The molecule has 4 fully saturated rings. The molecular weight excluding hydrogens is 287 g/mol. The lowest BCUT2D eigenvalue weighted by molar-refractivity contribution is -0.106. The van der Waals surface area contributed by atoms with Crippen molar-refractivity contribution in [2.45, 2.75) is 84.4 Å². The van der Waals surface area contributed by atoms with Gasteiger partial charge in [-0.2, -0.15) is 0 Å². The van der Waals surface area contributed by atoms with Crippen LogP contribution < -0.4 is 0 Å². The summed E-state index contributed by atoms with van der Waals surface area (Å²) in [5.74, 6) is 4.24. The molecule has 0 aromatic rings. The maximum Gasteiger partial charge on any atom is 0.103 e. The quantitative estimate of drug-likeness (QED) is 0.701. The van der Waals surface area contributed by atoms with Crippen LogP contribution in [-0.2, 0) is 0 Å². The van der Waals surface area contributed by atoms with Crippen LogP contribution >= 0.6 is 0 Å². The second-order valence-corrected chi connectivity index (χ2v) is 9.90. The molecule has 0 amide bonds. The van der Waals surface area contributed by atoms with Crippen LogP contribution in [0.2, 0.25) is 0 Å². The number of fused-ring (bicyclic) bond motifs is 5. The topological polar surface area (TPSA) is 20.2 Å². The maximum atomic E-state index is 15.1. The largest absolute Gasteiger partial charge is 0.393 e. The number of halogens is 1. The molecule has 4 rings (SSSR count).